The van der Waals surface area contributed by atoms with Crippen LogP contribution in [0.25, 0.3) is 0 Å². The Labute approximate surface area is 168 Å². The number of β-amino-alcohol motifs (C(OH)–C–C–N with tert-alkyl or cyclic N) is 1. The summed E-state index contributed by atoms with van der Waals surface area (Å²) in [7, 11) is 1.00. The Hall–Kier alpha value is -2.40. The zero-order valence-corrected chi connectivity index (χ0v) is 17.4. The van der Waals surface area contributed by atoms with Crippen LogP contribution < -0.4 is 11.5 Å². The van der Waals surface area contributed by atoms with Crippen molar-refractivity contribution in [2.24, 2.45) is 5.41 Å². The van der Waals surface area contributed by atoms with Gasteiger partial charge in [0.25, 0.3) is 0 Å². The van der Waals surface area contributed by atoms with E-state index in [1.54, 1.807) is 4.90 Å². The minimum absolute atomic E-state index is 0. The van der Waals surface area contributed by atoms with E-state index in [0.717, 1.165) is 31.2 Å². The largest absolute Gasteiger partial charge is 0.400 e. The molecule has 7 heteroatoms. The van der Waals surface area contributed by atoms with Crippen molar-refractivity contribution in [3.63, 3.8) is 0 Å². The van der Waals surface area contributed by atoms with E-state index in [1.807, 2.05) is 24.3 Å². The molecule has 0 aromatic heterocycles. The highest BCUT2D eigenvalue weighted by molar-refractivity contribution is 5.77. The van der Waals surface area contributed by atoms with Crippen molar-refractivity contribution in [3.05, 3.63) is 35.4 Å². The second kappa shape index (κ2) is 14.6. The van der Waals surface area contributed by atoms with E-state index in [-0.39, 0.29) is 23.6 Å². The standard InChI is InChI=1S/C10H19NO2.C10H9NO.CH4O.H3N/c1-10(2,3)6-9(13)11-5-4-8(12)7-11;1-2-9-3-5-10(6-4-9)7-11-8-12;1-2;/h8,12H,4-7H2,1-3H3;1,3-6,8H,7H2,(H,11,12);2H,1H3;1H3. The van der Waals surface area contributed by atoms with Gasteiger partial charge in [-0.2, -0.15) is 0 Å². The molecule has 1 aromatic rings. The van der Waals surface area contributed by atoms with Gasteiger partial charge in [-0.05, 0) is 29.5 Å². The molecule has 1 saturated heterocycles. The van der Waals surface area contributed by atoms with Crippen LogP contribution in [0.15, 0.2) is 24.3 Å². The van der Waals surface area contributed by atoms with Gasteiger partial charge in [-0.3, -0.25) is 9.59 Å². The number of aliphatic hydroxyl groups is 2. The number of amides is 2. The van der Waals surface area contributed by atoms with Gasteiger partial charge in [-0.1, -0.05) is 38.8 Å². The number of likely N-dealkylation sites (tertiary alicyclic amines) is 1. The lowest BCUT2D eigenvalue weighted by Crippen LogP contribution is -2.32. The van der Waals surface area contributed by atoms with E-state index in [4.69, 9.17) is 11.5 Å². The van der Waals surface area contributed by atoms with Crippen LogP contribution in [0.5, 0.6) is 0 Å². The zero-order chi connectivity index (χ0) is 20.9. The van der Waals surface area contributed by atoms with Gasteiger partial charge in [0.15, 0.2) is 0 Å². The van der Waals surface area contributed by atoms with Crippen molar-refractivity contribution in [1.29, 1.82) is 0 Å². The van der Waals surface area contributed by atoms with Gasteiger partial charge in [-0.15, -0.1) is 6.42 Å². The Morgan fingerprint density at radius 3 is 2.29 bits per heavy atom. The maximum Gasteiger partial charge on any atom is 0.223 e. The zero-order valence-electron chi connectivity index (χ0n) is 17.4. The molecule has 2 amide bonds. The lowest BCUT2D eigenvalue weighted by Gasteiger charge is -2.22. The summed E-state index contributed by atoms with van der Waals surface area (Å²) < 4.78 is 0. The number of carbonyl (C=O) groups excluding carboxylic acids is 2. The number of aliphatic hydroxyl groups excluding tert-OH is 2. The molecule has 28 heavy (non-hydrogen) atoms. The predicted molar refractivity (Wildman–Crippen MR) is 112 cm³/mol. The Bertz CT molecular complexity index is 604. The highest BCUT2D eigenvalue weighted by atomic mass is 16.3. The van der Waals surface area contributed by atoms with E-state index in [9.17, 15) is 14.7 Å². The molecular weight excluding hydrogens is 358 g/mol. The predicted octanol–water partition coefficient (Wildman–Crippen LogP) is 1.70. The number of nitrogens with zero attached hydrogens (tertiary/aromatic N) is 1. The smallest absolute Gasteiger partial charge is 0.223 e. The van der Waals surface area contributed by atoms with Gasteiger partial charge in [0.05, 0.1) is 6.10 Å². The van der Waals surface area contributed by atoms with E-state index >= 15 is 0 Å². The number of hydrogen-bond donors (Lipinski definition) is 4. The number of rotatable bonds is 4. The summed E-state index contributed by atoms with van der Waals surface area (Å²) >= 11 is 0. The van der Waals surface area contributed by atoms with Gasteiger partial charge in [0, 0.05) is 38.7 Å². The summed E-state index contributed by atoms with van der Waals surface area (Å²) in [4.78, 5) is 23.3. The summed E-state index contributed by atoms with van der Waals surface area (Å²) in [5.41, 5.74) is 1.94. The SMILES string of the molecule is C#Cc1ccc(CNC=O)cc1.CC(C)(C)CC(=O)N1CCC(O)C1.CO.N. The normalized spacial score (nSPS) is 14.9. The van der Waals surface area contributed by atoms with E-state index in [1.165, 1.54) is 0 Å². The molecule has 6 N–H and O–H groups in total. The lowest BCUT2D eigenvalue weighted by molar-refractivity contribution is -0.132. The third-order valence-corrected chi connectivity index (χ3v) is 3.71. The molecule has 0 radical (unpaired) electrons. The first-order valence-corrected chi connectivity index (χ1v) is 8.88. The maximum absolute atomic E-state index is 11.6. The monoisotopic (exact) mass is 393 g/mol. The van der Waals surface area contributed by atoms with Crippen molar-refractivity contribution in [2.75, 3.05) is 20.2 Å². The number of hydrogen-bond acceptors (Lipinski definition) is 5. The van der Waals surface area contributed by atoms with Crippen molar-refractivity contribution in [2.45, 2.75) is 46.3 Å². The molecule has 1 aromatic carbocycles. The minimum atomic E-state index is -0.302. The fourth-order valence-corrected chi connectivity index (χ4v) is 2.41. The summed E-state index contributed by atoms with van der Waals surface area (Å²) in [6.07, 6.45) is 6.85. The molecule has 1 unspecified atom stereocenters. The summed E-state index contributed by atoms with van der Waals surface area (Å²) in [6.45, 7) is 7.95. The van der Waals surface area contributed by atoms with Gasteiger partial charge in [0.2, 0.25) is 12.3 Å². The number of nitrogens with one attached hydrogen (secondary N) is 1. The Morgan fingerprint density at radius 1 is 1.32 bits per heavy atom. The van der Waals surface area contributed by atoms with E-state index < -0.39 is 0 Å². The first-order valence-electron chi connectivity index (χ1n) is 8.88. The van der Waals surface area contributed by atoms with Crippen LogP contribution in [0.1, 0.15) is 44.7 Å². The van der Waals surface area contributed by atoms with Gasteiger partial charge < -0.3 is 26.6 Å². The van der Waals surface area contributed by atoms with Crippen molar-refractivity contribution in [3.8, 4) is 12.3 Å². The minimum Gasteiger partial charge on any atom is -0.400 e. The van der Waals surface area contributed by atoms with E-state index in [0.29, 0.717) is 25.9 Å². The summed E-state index contributed by atoms with van der Waals surface area (Å²) in [5, 5.41) is 18.8. The van der Waals surface area contributed by atoms with Crippen LogP contribution in [-0.2, 0) is 16.1 Å². The molecule has 1 aliphatic rings. The molecule has 1 fully saturated rings. The van der Waals surface area contributed by atoms with Crippen LogP contribution in [0.4, 0.5) is 0 Å². The molecule has 0 bridgehead atoms. The molecule has 2 rings (SSSR count). The molecular formula is C21H35N3O4. The van der Waals surface area contributed by atoms with Gasteiger partial charge in [-0.25, -0.2) is 0 Å². The number of terminal acetylenes is 1. The Morgan fingerprint density at radius 2 is 1.89 bits per heavy atom. The summed E-state index contributed by atoms with van der Waals surface area (Å²) in [5.74, 6) is 2.69. The highest BCUT2D eigenvalue weighted by Crippen LogP contribution is 2.21. The molecule has 7 nitrogen and oxygen atoms in total. The fourth-order valence-electron chi connectivity index (χ4n) is 2.41. The van der Waals surface area contributed by atoms with Crippen LogP contribution in [0, 0.1) is 17.8 Å². The quantitative estimate of drug-likeness (QED) is 0.458. The molecule has 1 aliphatic heterocycles. The van der Waals surface area contributed by atoms with Crippen molar-refractivity contribution < 1.29 is 19.8 Å². The topological polar surface area (TPSA) is 125 Å². The van der Waals surface area contributed by atoms with Gasteiger partial charge >= 0.3 is 0 Å². The molecule has 1 heterocycles. The molecule has 0 spiro atoms. The van der Waals surface area contributed by atoms with Crippen LogP contribution >= 0.6 is 0 Å². The Kier molecular flexibility index (Phi) is 14.5. The first-order chi connectivity index (χ1) is 12.7. The lowest BCUT2D eigenvalue weighted by atomic mass is 9.92. The average Bonchev–Trinajstić information content (AvgIpc) is 3.08. The molecule has 1 atom stereocenters. The second-order valence-corrected chi connectivity index (χ2v) is 7.36. The molecule has 0 saturated carbocycles. The third-order valence-electron chi connectivity index (χ3n) is 3.71. The van der Waals surface area contributed by atoms with Crippen LogP contribution in [0.2, 0.25) is 0 Å². The number of benzene rings is 1. The van der Waals surface area contributed by atoms with Crippen molar-refractivity contribution >= 4 is 12.3 Å². The average molecular weight is 394 g/mol. The summed E-state index contributed by atoms with van der Waals surface area (Å²) in [6, 6.07) is 7.49. The van der Waals surface area contributed by atoms with Gasteiger partial charge in [0.1, 0.15) is 0 Å². The van der Waals surface area contributed by atoms with Crippen LogP contribution in [-0.4, -0.2) is 53.7 Å². The first kappa shape index (κ1) is 27.8. The van der Waals surface area contributed by atoms with Crippen molar-refractivity contribution in [1.82, 2.24) is 16.4 Å². The highest BCUT2D eigenvalue weighted by Gasteiger charge is 2.27. The Balaban J connectivity index is 0. The maximum atomic E-state index is 11.6. The number of carbonyl (C=O) groups is 2. The van der Waals surface area contributed by atoms with E-state index in [2.05, 4.69) is 32.0 Å². The molecule has 0 aliphatic carbocycles. The third kappa shape index (κ3) is 12.1. The molecule has 158 valence electrons. The fraction of sp³-hybridized carbons (Fsp3) is 0.524. The second-order valence-electron chi connectivity index (χ2n) is 7.36. The van der Waals surface area contributed by atoms with Crippen LogP contribution in [0.3, 0.4) is 0 Å².